The number of benzene rings is 2. The summed E-state index contributed by atoms with van der Waals surface area (Å²) in [7, 11) is 0. The van der Waals surface area contributed by atoms with E-state index in [1.807, 2.05) is 25.1 Å². The van der Waals surface area contributed by atoms with Crippen LogP contribution >= 0.6 is 0 Å². The summed E-state index contributed by atoms with van der Waals surface area (Å²) < 4.78 is 21.5. The van der Waals surface area contributed by atoms with Crippen molar-refractivity contribution in [1.82, 2.24) is 10.6 Å². The average molecular weight is 384 g/mol. The maximum atomic E-state index is 12.2. The highest BCUT2D eigenvalue weighted by Gasteiger charge is 2.18. The Labute approximate surface area is 161 Å². The van der Waals surface area contributed by atoms with Crippen LogP contribution in [-0.4, -0.2) is 38.4 Å². The Morgan fingerprint density at radius 3 is 2.46 bits per heavy atom. The van der Waals surface area contributed by atoms with Crippen LogP contribution in [0, 0.1) is 0 Å². The summed E-state index contributed by atoms with van der Waals surface area (Å²) in [5.41, 5.74) is 1.29. The number of amides is 2. The molecule has 1 atom stereocenters. The standard InChI is InChI=1S/C20H20N2O6/c1-12(13-2-4-15-17(8-13)26-7-6-25-15)22-19(23)10-21-20(24)14-3-5-16-18(9-14)28-11-27-16/h2-5,8-9,12H,6-7,10-11H2,1H3,(H,21,24)(H,22,23). The summed E-state index contributed by atoms with van der Waals surface area (Å²) in [6.07, 6.45) is 0. The van der Waals surface area contributed by atoms with E-state index < -0.39 is 0 Å². The van der Waals surface area contributed by atoms with Crippen LogP contribution in [0.5, 0.6) is 23.0 Å². The van der Waals surface area contributed by atoms with E-state index in [0.29, 0.717) is 41.8 Å². The first-order valence-electron chi connectivity index (χ1n) is 8.97. The first-order valence-corrected chi connectivity index (χ1v) is 8.97. The third-order valence-corrected chi connectivity index (χ3v) is 4.49. The molecule has 2 aliphatic rings. The normalized spacial score (nSPS) is 14.9. The molecule has 8 nitrogen and oxygen atoms in total. The molecule has 146 valence electrons. The number of carbonyl (C=O) groups excluding carboxylic acids is 2. The summed E-state index contributed by atoms with van der Waals surface area (Å²) in [5, 5.41) is 5.46. The molecule has 2 N–H and O–H groups in total. The summed E-state index contributed by atoms with van der Waals surface area (Å²) in [6, 6.07) is 10.2. The van der Waals surface area contributed by atoms with Crippen molar-refractivity contribution in [3.8, 4) is 23.0 Å². The Hall–Kier alpha value is -3.42. The molecule has 0 spiro atoms. The van der Waals surface area contributed by atoms with E-state index in [1.165, 1.54) is 0 Å². The van der Waals surface area contributed by atoms with E-state index >= 15 is 0 Å². The highest BCUT2D eigenvalue weighted by molar-refractivity contribution is 5.97. The zero-order valence-electron chi connectivity index (χ0n) is 15.3. The molecule has 0 fully saturated rings. The van der Waals surface area contributed by atoms with E-state index in [-0.39, 0.29) is 31.2 Å². The van der Waals surface area contributed by atoms with Gasteiger partial charge in [0, 0.05) is 5.56 Å². The van der Waals surface area contributed by atoms with Crippen molar-refractivity contribution >= 4 is 11.8 Å². The number of nitrogens with one attached hydrogen (secondary N) is 2. The molecule has 0 saturated carbocycles. The summed E-state index contributed by atoms with van der Waals surface area (Å²) in [4.78, 5) is 24.5. The fourth-order valence-electron chi connectivity index (χ4n) is 3.01. The molecule has 1 unspecified atom stereocenters. The van der Waals surface area contributed by atoms with Gasteiger partial charge in [0.05, 0.1) is 12.6 Å². The molecule has 2 amide bonds. The monoisotopic (exact) mass is 384 g/mol. The van der Waals surface area contributed by atoms with Crippen LogP contribution < -0.4 is 29.6 Å². The highest BCUT2D eigenvalue weighted by Crippen LogP contribution is 2.33. The second kappa shape index (κ2) is 7.67. The molecule has 4 rings (SSSR count). The lowest BCUT2D eigenvalue weighted by atomic mass is 10.1. The topological polar surface area (TPSA) is 95.1 Å². The van der Waals surface area contributed by atoms with Gasteiger partial charge in [-0.05, 0) is 42.8 Å². The molecule has 2 aliphatic heterocycles. The maximum Gasteiger partial charge on any atom is 0.251 e. The van der Waals surface area contributed by atoms with Crippen LogP contribution in [0.3, 0.4) is 0 Å². The quantitative estimate of drug-likeness (QED) is 0.816. The van der Waals surface area contributed by atoms with Gasteiger partial charge in [-0.1, -0.05) is 6.07 Å². The van der Waals surface area contributed by atoms with Gasteiger partial charge in [-0.25, -0.2) is 0 Å². The fourth-order valence-corrected chi connectivity index (χ4v) is 3.01. The molecule has 8 heteroatoms. The molecular weight excluding hydrogens is 364 g/mol. The molecule has 0 saturated heterocycles. The molecule has 28 heavy (non-hydrogen) atoms. The van der Waals surface area contributed by atoms with Crippen molar-refractivity contribution in [1.29, 1.82) is 0 Å². The van der Waals surface area contributed by atoms with Gasteiger partial charge in [0.25, 0.3) is 5.91 Å². The molecular formula is C20H20N2O6. The molecule has 0 radical (unpaired) electrons. The van der Waals surface area contributed by atoms with Gasteiger partial charge >= 0.3 is 0 Å². The molecule has 2 heterocycles. The van der Waals surface area contributed by atoms with Crippen LogP contribution in [-0.2, 0) is 4.79 Å². The second-order valence-electron chi connectivity index (χ2n) is 6.44. The first-order chi connectivity index (χ1) is 13.6. The average Bonchev–Trinajstić information content (AvgIpc) is 3.19. The number of rotatable bonds is 5. The number of hydrogen-bond acceptors (Lipinski definition) is 6. The lowest BCUT2D eigenvalue weighted by molar-refractivity contribution is -0.120. The third kappa shape index (κ3) is 3.80. The first kappa shape index (κ1) is 18.0. The largest absolute Gasteiger partial charge is 0.486 e. The number of ether oxygens (including phenoxy) is 4. The van der Waals surface area contributed by atoms with Gasteiger partial charge in [0.15, 0.2) is 23.0 Å². The van der Waals surface area contributed by atoms with Gasteiger partial charge in [-0.3, -0.25) is 9.59 Å². The minimum absolute atomic E-state index is 0.137. The van der Waals surface area contributed by atoms with Crippen LogP contribution in [0.1, 0.15) is 28.9 Å². The molecule has 2 aromatic carbocycles. The predicted molar refractivity (Wildman–Crippen MR) is 98.9 cm³/mol. The van der Waals surface area contributed by atoms with Gasteiger partial charge in [-0.15, -0.1) is 0 Å². The zero-order valence-corrected chi connectivity index (χ0v) is 15.3. The van der Waals surface area contributed by atoms with Crippen molar-refractivity contribution in [2.75, 3.05) is 26.6 Å². The smallest absolute Gasteiger partial charge is 0.251 e. The second-order valence-corrected chi connectivity index (χ2v) is 6.44. The van der Waals surface area contributed by atoms with Crippen molar-refractivity contribution in [3.63, 3.8) is 0 Å². The Balaban J connectivity index is 1.31. The summed E-state index contributed by atoms with van der Waals surface area (Å²) in [5.74, 6) is 1.83. The van der Waals surface area contributed by atoms with Crippen molar-refractivity contribution in [2.24, 2.45) is 0 Å². The fraction of sp³-hybridized carbons (Fsp3) is 0.300. The SMILES string of the molecule is CC(NC(=O)CNC(=O)c1ccc2c(c1)OCO2)c1ccc2c(c1)OCCO2. The van der Waals surface area contributed by atoms with Crippen LogP contribution in [0.15, 0.2) is 36.4 Å². The summed E-state index contributed by atoms with van der Waals surface area (Å²) in [6.45, 7) is 2.90. The Morgan fingerprint density at radius 2 is 1.61 bits per heavy atom. The van der Waals surface area contributed by atoms with Crippen LogP contribution in [0.2, 0.25) is 0 Å². The Bertz CT molecular complexity index is 914. The molecule has 0 bridgehead atoms. The number of hydrogen-bond donors (Lipinski definition) is 2. The van der Waals surface area contributed by atoms with E-state index in [0.717, 1.165) is 5.56 Å². The molecule has 2 aromatic rings. The third-order valence-electron chi connectivity index (χ3n) is 4.49. The lowest BCUT2D eigenvalue weighted by Crippen LogP contribution is -2.38. The van der Waals surface area contributed by atoms with Gasteiger partial charge in [0.2, 0.25) is 12.7 Å². The van der Waals surface area contributed by atoms with E-state index in [1.54, 1.807) is 18.2 Å². The minimum Gasteiger partial charge on any atom is -0.486 e. The minimum atomic E-state index is -0.361. The zero-order chi connectivity index (χ0) is 19.5. The van der Waals surface area contributed by atoms with Gasteiger partial charge in [0.1, 0.15) is 13.2 Å². The van der Waals surface area contributed by atoms with Gasteiger partial charge in [-0.2, -0.15) is 0 Å². The number of fused-ring (bicyclic) bond motifs is 2. The number of carbonyl (C=O) groups is 2. The van der Waals surface area contributed by atoms with Crippen LogP contribution in [0.4, 0.5) is 0 Å². The van der Waals surface area contributed by atoms with Crippen molar-refractivity contribution in [3.05, 3.63) is 47.5 Å². The molecule has 0 aromatic heterocycles. The van der Waals surface area contributed by atoms with E-state index in [2.05, 4.69) is 10.6 Å². The lowest BCUT2D eigenvalue weighted by Gasteiger charge is -2.21. The predicted octanol–water partition coefficient (Wildman–Crippen LogP) is 1.79. The Morgan fingerprint density at radius 1 is 0.929 bits per heavy atom. The van der Waals surface area contributed by atoms with Crippen molar-refractivity contribution < 1.29 is 28.5 Å². The summed E-state index contributed by atoms with van der Waals surface area (Å²) >= 11 is 0. The van der Waals surface area contributed by atoms with E-state index in [4.69, 9.17) is 18.9 Å². The maximum absolute atomic E-state index is 12.2. The molecule has 0 aliphatic carbocycles. The van der Waals surface area contributed by atoms with Gasteiger partial charge < -0.3 is 29.6 Å². The van der Waals surface area contributed by atoms with E-state index in [9.17, 15) is 9.59 Å². The van der Waals surface area contributed by atoms with Crippen LogP contribution in [0.25, 0.3) is 0 Å². The van der Waals surface area contributed by atoms with Crippen molar-refractivity contribution in [2.45, 2.75) is 13.0 Å². The highest BCUT2D eigenvalue weighted by atomic mass is 16.7. The Kier molecular flexibility index (Phi) is 4.92.